The van der Waals surface area contributed by atoms with E-state index < -0.39 is 11.7 Å². The SMILES string of the molecule is CCC(CC)Nc1ccc(C(F)(F)F)c(C#N)c1. The molecule has 18 heavy (non-hydrogen) atoms. The molecule has 2 nitrogen and oxygen atoms in total. The zero-order valence-electron chi connectivity index (χ0n) is 10.3. The van der Waals surface area contributed by atoms with Crippen molar-refractivity contribution in [1.82, 2.24) is 0 Å². The summed E-state index contributed by atoms with van der Waals surface area (Å²) in [6.07, 6.45) is -2.74. The van der Waals surface area contributed by atoms with Gasteiger partial charge in [-0.3, -0.25) is 0 Å². The number of nitrogens with zero attached hydrogens (tertiary/aromatic N) is 1. The summed E-state index contributed by atoms with van der Waals surface area (Å²) in [5.74, 6) is 0. The van der Waals surface area contributed by atoms with E-state index in [4.69, 9.17) is 5.26 Å². The van der Waals surface area contributed by atoms with E-state index in [1.54, 1.807) is 6.07 Å². The molecule has 1 N–H and O–H groups in total. The van der Waals surface area contributed by atoms with Crippen LogP contribution in [0.15, 0.2) is 18.2 Å². The molecule has 0 aliphatic rings. The van der Waals surface area contributed by atoms with Crippen LogP contribution in [0.1, 0.15) is 37.8 Å². The van der Waals surface area contributed by atoms with Gasteiger partial charge in [-0.1, -0.05) is 13.8 Å². The fourth-order valence-electron chi connectivity index (χ4n) is 1.70. The second-order valence-electron chi connectivity index (χ2n) is 4.03. The lowest BCUT2D eigenvalue weighted by Gasteiger charge is -2.17. The van der Waals surface area contributed by atoms with Crippen molar-refractivity contribution in [2.45, 2.75) is 38.9 Å². The number of halogens is 3. The van der Waals surface area contributed by atoms with Gasteiger partial charge in [-0.25, -0.2) is 0 Å². The molecule has 0 aromatic heterocycles. The predicted octanol–water partition coefficient (Wildman–Crippen LogP) is 4.18. The molecule has 0 aliphatic carbocycles. The number of nitrogens with one attached hydrogen (secondary N) is 1. The molecule has 0 radical (unpaired) electrons. The summed E-state index contributed by atoms with van der Waals surface area (Å²) in [4.78, 5) is 0. The average Bonchev–Trinajstić information content (AvgIpc) is 2.34. The van der Waals surface area contributed by atoms with Gasteiger partial charge in [0.05, 0.1) is 17.2 Å². The Hall–Kier alpha value is -1.70. The number of nitriles is 1. The van der Waals surface area contributed by atoms with Crippen LogP contribution in [0.2, 0.25) is 0 Å². The monoisotopic (exact) mass is 256 g/mol. The first-order valence-corrected chi connectivity index (χ1v) is 5.80. The van der Waals surface area contributed by atoms with Gasteiger partial charge in [0.15, 0.2) is 0 Å². The number of hydrogen-bond donors (Lipinski definition) is 1. The van der Waals surface area contributed by atoms with Gasteiger partial charge in [0.2, 0.25) is 0 Å². The molecule has 0 unspecified atom stereocenters. The van der Waals surface area contributed by atoms with E-state index in [-0.39, 0.29) is 11.6 Å². The molecule has 5 heteroatoms. The van der Waals surface area contributed by atoms with Crippen molar-refractivity contribution in [2.24, 2.45) is 0 Å². The topological polar surface area (TPSA) is 35.8 Å². The first kappa shape index (κ1) is 14.4. The highest BCUT2D eigenvalue weighted by Gasteiger charge is 2.33. The fourth-order valence-corrected chi connectivity index (χ4v) is 1.70. The summed E-state index contributed by atoms with van der Waals surface area (Å²) < 4.78 is 37.8. The lowest BCUT2D eigenvalue weighted by atomic mass is 10.1. The third-order valence-corrected chi connectivity index (χ3v) is 2.80. The second-order valence-corrected chi connectivity index (χ2v) is 4.03. The Labute approximate surface area is 104 Å². The molecule has 0 saturated heterocycles. The number of alkyl halides is 3. The molecular weight excluding hydrogens is 241 g/mol. The summed E-state index contributed by atoms with van der Waals surface area (Å²) in [7, 11) is 0. The third-order valence-electron chi connectivity index (χ3n) is 2.80. The van der Waals surface area contributed by atoms with Crippen molar-refractivity contribution in [3.63, 3.8) is 0 Å². The maximum atomic E-state index is 12.6. The van der Waals surface area contributed by atoms with Crippen LogP contribution in [0.4, 0.5) is 18.9 Å². The second kappa shape index (κ2) is 5.76. The maximum Gasteiger partial charge on any atom is 0.417 e. The maximum absolute atomic E-state index is 12.6. The van der Waals surface area contributed by atoms with Crippen LogP contribution in [0, 0.1) is 11.3 Å². The number of anilines is 1. The Bertz CT molecular complexity index is 443. The van der Waals surface area contributed by atoms with Crippen LogP contribution < -0.4 is 5.32 Å². The molecular formula is C13H15F3N2. The van der Waals surface area contributed by atoms with Gasteiger partial charge in [-0.2, -0.15) is 18.4 Å². The van der Waals surface area contributed by atoms with Gasteiger partial charge in [0.25, 0.3) is 0 Å². The van der Waals surface area contributed by atoms with Gasteiger partial charge in [0.1, 0.15) is 0 Å². The van der Waals surface area contributed by atoms with E-state index in [0.717, 1.165) is 18.9 Å². The summed E-state index contributed by atoms with van der Waals surface area (Å²) in [5, 5.41) is 11.9. The Morgan fingerprint density at radius 1 is 1.28 bits per heavy atom. The Kier molecular flexibility index (Phi) is 4.60. The summed E-state index contributed by atoms with van der Waals surface area (Å²) >= 11 is 0. The van der Waals surface area contributed by atoms with Crippen LogP contribution in [0.5, 0.6) is 0 Å². The minimum Gasteiger partial charge on any atom is -0.382 e. The third kappa shape index (κ3) is 3.39. The quantitative estimate of drug-likeness (QED) is 0.877. The van der Waals surface area contributed by atoms with E-state index in [9.17, 15) is 13.2 Å². The Morgan fingerprint density at radius 2 is 1.89 bits per heavy atom. The zero-order valence-corrected chi connectivity index (χ0v) is 10.3. The zero-order chi connectivity index (χ0) is 13.8. The van der Waals surface area contributed by atoms with E-state index in [2.05, 4.69) is 5.32 Å². The minimum atomic E-state index is -4.49. The molecule has 1 rings (SSSR count). The van der Waals surface area contributed by atoms with E-state index in [0.29, 0.717) is 5.69 Å². The molecule has 1 aromatic rings. The molecule has 0 heterocycles. The van der Waals surface area contributed by atoms with Gasteiger partial charge < -0.3 is 5.32 Å². The fraction of sp³-hybridized carbons (Fsp3) is 0.462. The minimum absolute atomic E-state index is 0.202. The smallest absolute Gasteiger partial charge is 0.382 e. The molecule has 0 bridgehead atoms. The first-order valence-electron chi connectivity index (χ1n) is 5.80. The normalized spacial score (nSPS) is 11.4. The van der Waals surface area contributed by atoms with E-state index in [1.807, 2.05) is 13.8 Å². The number of hydrogen-bond acceptors (Lipinski definition) is 2. The Balaban J connectivity index is 3.04. The first-order chi connectivity index (χ1) is 8.42. The van der Waals surface area contributed by atoms with E-state index >= 15 is 0 Å². The molecule has 0 atom stereocenters. The van der Waals surface area contributed by atoms with Crippen molar-refractivity contribution in [2.75, 3.05) is 5.32 Å². The van der Waals surface area contributed by atoms with Crippen LogP contribution >= 0.6 is 0 Å². The highest BCUT2D eigenvalue weighted by molar-refractivity contribution is 5.54. The van der Waals surface area contributed by atoms with Crippen molar-refractivity contribution in [3.8, 4) is 6.07 Å². The molecule has 0 spiro atoms. The van der Waals surface area contributed by atoms with Crippen molar-refractivity contribution in [3.05, 3.63) is 29.3 Å². The summed E-state index contributed by atoms with van der Waals surface area (Å²) in [5.41, 5.74) is -0.688. The van der Waals surface area contributed by atoms with Crippen LogP contribution in [-0.2, 0) is 6.18 Å². The average molecular weight is 256 g/mol. The number of rotatable bonds is 4. The predicted molar refractivity (Wildman–Crippen MR) is 64.2 cm³/mol. The van der Waals surface area contributed by atoms with Crippen LogP contribution in [0.3, 0.4) is 0 Å². The summed E-state index contributed by atoms with van der Waals surface area (Å²) in [6, 6.07) is 5.36. The Morgan fingerprint density at radius 3 is 2.33 bits per heavy atom. The number of benzene rings is 1. The van der Waals surface area contributed by atoms with Gasteiger partial charge in [-0.05, 0) is 31.0 Å². The highest BCUT2D eigenvalue weighted by Crippen LogP contribution is 2.33. The van der Waals surface area contributed by atoms with Gasteiger partial charge in [-0.15, -0.1) is 0 Å². The lowest BCUT2D eigenvalue weighted by molar-refractivity contribution is -0.137. The summed E-state index contributed by atoms with van der Waals surface area (Å²) in [6.45, 7) is 3.99. The van der Waals surface area contributed by atoms with Gasteiger partial charge in [0, 0.05) is 11.7 Å². The molecule has 0 saturated carbocycles. The molecule has 98 valence electrons. The standard InChI is InChI=1S/C13H15F3N2/c1-3-10(4-2)18-11-5-6-12(13(14,15)16)9(7-11)8-17/h5-7,10,18H,3-4H2,1-2H3. The van der Waals surface area contributed by atoms with Crippen molar-refractivity contribution >= 4 is 5.69 Å². The van der Waals surface area contributed by atoms with Crippen molar-refractivity contribution in [1.29, 1.82) is 5.26 Å². The van der Waals surface area contributed by atoms with Crippen molar-refractivity contribution < 1.29 is 13.2 Å². The van der Waals surface area contributed by atoms with Crippen LogP contribution in [-0.4, -0.2) is 6.04 Å². The van der Waals surface area contributed by atoms with Gasteiger partial charge >= 0.3 is 6.18 Å². The highest BCUT2D eigenvalue weighted by atomic mass is 19.4. The van der Waals surface area contributed by atoms with E-state index in [1.165, 1.54) is 12.1 Å². The lowest BCUT2D eigenvalue weighted by Crippen LogP contribution is -2.17. The molecule has 0 fully saturated rings. The molecule has 0 amide bonds. The molecule has 0 aliphatic heterocycles. The molecule has 1 aromatic carbocycles. The largest absolute Gasteiger partial charge is 0.417 e. The van der Waals surface area contributed by atoms with Crippen LogP contribution in [0.25, 0.3) is 0 Å².